The highest BCUT2D eigenvalue weighted by molar-refractivity contribution is 5.85. The predicted molar refractivity (Wildman–Crippen MR) is 83.8 cm³/mol. The monoisotopic (exact) mass is 270 g/mol. The molecule has 0 aliphatic heterocycles. The minimum Gasteiger partial charge on any atom is -0.324 e. The third kappa shape index (κ3) is 3.63. The van der Waals surface area contributed by atoms with Gasteiger partial charge in [-0.2, -0.15) is 0 Å². The van der Waals surface area contributed by atoms with Crippen LogP contribution in [0.2, 0.25) is 0 Å². The standard InChI is InChI=1S/C15H26N2.ClH/c1-9(2)12-7-13(10(3)4)15(17-16)14(8-12)11(5)6;/h7-11,17H,16H2,1-6H3;1H. The van der Waals surface area contributed by atoms with Crippen molar-refractivity contribution in [1.29, 1.82) is 0 Å². The van der Waals surface area contributed by atoms with Crippen molar-refractivity contribution in [2.24, 2.45) is 5.84 Å². The zero-order valence-corrected chi connectivity index (χ0v) is 13.2. The van der Waals surface area contributed by atoms with E-state index in [9.17, 15) is 0 Å². The summed E-state index contributed by atoms with van der Waals surface area (Å²) >= 11 is 0. The first-order valence-corrected chi connectivity index (χ1v) is 6.52. The van der Waals surface area contributed by atoms with Crippen LogP contribution in [0.1, 0.15) is 76.0 Å². The Morgan fingerprint density at radius 2 is 1.22 bits per heavy atom. The molecule has 0 bridgehead atoms. The third-order valence-electron chi connectivity index (χ3n) is 3.28. The Hall–Kier alpha value is -0.730. The molecule has 18 heavy (non-hydrogen) atoms. The lowest BCUT2D eigenvalue weighted by atomic mass is 9.87. The van der Waals surface area contributed by atoms with Crippen molar-refractivity contribution in [2.45, 2.75) is 59.3 Å². The van der Waals surface area contributed by atoms with Crippen molar-refractivity contribution < 1.29 is 0 Å². The summed E-state index contributed by atoms with van der Waals surface area (Å²) in [5, 5.41) is 0. The van der Waals surface area contributed by atoms with Gasteiger partial charge < -0.3 is 5.43 Å². The summed E-state index contributed by atoms with van der Waals surface area (Å²) < 4.78 is 0. The number of hydrazine groups is 1. The summed E-state index contributed by atoms with van der Waals surface area (Å²) in [4.78, 5) is 0. The van der Waals surface area contributed by atoms with Crippen LogP contribution in [0.4, 0.5) is 5.69 Å². The van der Waals surface area contributed by atoms with Gasteiger partial charge in [-0.3, -0.25) is 5.84 Å². The Balaban J connectivity index is 0.00000289. The number of nitrogen functional groups attached to an aromatic ring is 1. The van der Waals surface area contributed by atoms with Crippen molar-refractivity contribution in [3.63, 3.8) is 0 Å². The molecule has 0 saturated carbocycles. The average Bonchev–Trinajstić information content (AvgIpc) is 2.26. The number of rotatable bonds is 4. The molecule has 104 valence electrons. The highest BCUT2D eigenvalue weighted by Crippen LogP contribution is 2.35. The maximum Gasteiger partial charge on any atom is 0.0554 e. The molecule has 2 nitrogen and oxygen atoms in total. The quantitative estimate of drug-likeness (QED) is 0.611. The van der Waals surface area contributed by atoms with Gasteiger partial charge in [-0.1, -0.05) is 53.7 Å². The minimum atomic E-state index is 0. The number of hydrogen-bond donors (Lipinski definition) is 2. The third-order valence-corrected chi connectivity index (χ3v) is 3.28. The van der Waals surface area contributed by atoms with Gasteiger partial charge in [-0.25, -0.2) is 0 Å². The Morgan fingerprint density at radius 1 is 0.833 bits per heavy atom. The molecule has 0 aliphatic rings. The fraction of sp³-hybridized carbons (Fsp3) is 0.600. The van der Waals surface area contributed by atoms with E-state index >= 15 is 0 Å². The van der Waals surface area contributed by atoms with E-state index in [4.69, 9.17) is 5.84 Å². The molecule has 0 spiro atoms. The van der Waals surface area contributed by atoms with Crippen LogP contribution >= 0.6 is 12.4 Å². The minimum absolute atomic E-state index is 0. The number of benzene rings is 1. The first-order valence-electron chi connectivity index (χ1n) is 6.52. The van der Waals surface area contributed by atoms with E-state index in [1.807, 2.05) is 0 Å². The molecule has 0 saturated heterocycles. The number of anilines is 1. The fourth-order valence-electron chi connectivity index (χ4n) is 2.12. The molecule has 0 radical (unpaired) electrons. The van der Waals surface area contributed by atoms with Crippen molar-refractivity contribution in [3.8, 4) is 0 Å². The zero-order chi connectivity index (χ0) is 13.2. The van der Waals surface area contributed by atoms with Gasteiger partial charge in [-0.15, -0.1) is 12.4 Å². The van der Waals surface area contributed by atoms with E-state index < -0.39 is 0 Å². The van der Waals surface area contributed by atoms with Crippen LogP contribution in [-0.4, -0.2) is 0 Å². The highest BCUT2D eigenvalue weighted by Gasteiger charge is 2.16. The Labute approximate surface area is 118 Å². The van der Waals surface area contributed by atoms with E-state index in [-0.39, 0.29) is 12.4 Å². The molecule has 0 unspecified atom stereocenters. The van der Waals surface area contributed by atoms with Gasteiger partial charge in [0.25, 0.3) is 0 Å². The van der Waals surface area contributed by atoms with Crippen LogP contribution in [0.25, 0.3) is 0 Å². The Kier molecular flexibility index (Phi) is 6.72. The van der Waals surface area contributed by atoms with E-state index in [0.29, 0.717) is 17.8 Å². The maximum atomic E-state index is 5.70. The second kappa shape index (κ2) is 7.01. The topological polar surface area (TPSA) is 38.0 Å². The number of nitrogens with two attached hydrogens (primary N) is 1. The maximum absolute atomic E-state index is 5.70. The second-order valence-electron chi connectivity index (χ2n) is 5.68. The summed E-state index contributed by atoms with van der Waals surface area (Å²) in [5.74, 6) is 7.22. The van der Waals surface area contributed by atoms with Gasteiger partial charge in [0.15, 0.2) is 0 Å². The van der Waals surface area contributed by atoms with Crippen molar-refractivity contribution >= 4 is 18.1 Å². The summed E-state index contributed by atoms with van der Waals surface area (Å²) in [6, 6.07) is 4.58. The van der Waals surface area contributed by atoms with Gasteiger partial charge in [0.05, 0.1) is 5.69 Å². The first-order chi connectivity index (χ1) is 7.88. The van der Waals surface area contributed by atoms with Crippen LogP contribution in [0.3, 0.4) is 0 Å². The van der Waals surface area contributed by atoms with Crippen LogP contribution in [0.15, 0.2) is 12.1 Å². The highest BCUT2D eigenvalue weighted by atomic mass is 35.5. The molecule has 3 N–H and O–H groups in total. The fourth-order valence-corrected chi connectivity index (χ4v) is 2.12. The number of halogens is 1. The lowest BCUT2D eigenvalue weighted by Gasteiger charge is -2.22. The predicted octanol–water partition coefficient (Wildman–Crippen LogP) is 4.76. The summed E-state index contributed by atoms with van der Waals surface area (Å²) in [6.07, 6.45) is 0. The van der Waals surface area contributed by atoms with Gasteiger partial charge in [0, 0.05) is 0 Å². The Bertz CT molecular complexity index is 355. The van der Waals surface area contributed by atoms with Gasteiger partial charge in [0.2, 0.25) is 0 Å². The second-order valence-corrected chi connectivity index (χ2v) is 5.68. The molecule has 1 aromatic rings. The molecule has 1 aromatic carbocycles. The van der Waals surface area contributed by atoms with E-state index in [2.05, 4.69) is 59.1 Å². The molecular weight excluding hydrogens is 244 g/mol. The van der Waals surface area contributed by atoms with E-state index in [1.54, 1.807) is 0 Å². The van der Waals surface area contributed by atoms with Gasteiger partial charge in [-0.05, 0) is 34.4 Å². The van der Waals surface area contributed by atoms with Crippen LogP contribution in [-0.2, 0) is 0 Å². The molecular formula is C15H27ClN2. The molecule has 0 fully saturated rings. The molecule has 0 heterocycles. The lowest BCUT2D eigenvalue weighted by molar-refractivity contribution is 0.805. The van der Waals surface area contributed by atoms with Gasteiger partial charge >= 0.3 is 0 Å². The molecule has 0 atom stereocenters. The molecule has 3 heteroatoms. The smallest absolute Gasteiger partial charge is 0.0554 e. The summed E-state index contributed by atoms with van der Waals surface area (Å²) in [5.41, 5.74) is 8.05. The molecule has 0 aromatic heterocycles. The normalized spacial score (nSPS) is 11.0. The SMILES string of the molecule is CC(C)c1cc(C(C)C)c(NN)c(C(C)C)c1.Cl. The van der Waals surface area contributed by atoms with Crippen molar-refractivity contribution in [3.05, 3.63) is 28.8 Å². The largest absolute Gasteiger partial charge is 0.324 e. The molecule has 1 rings (SSSR count). The Morgan fingerprint density at radius 3 is 1.44 bits per heavy atom. The number of nitrogens with one attached hydrogen (secondary N) is 1. The zero-order valence-electron chi connectivity index (χ0n) is 12.4. The number of hydrogen-bond acceptors (Lipinski definition) is 2. The first kappa shape index (κ1) is 17.3. The summed E-state index contributed by atoms with van der Waals surface area (Å²) in [7, 11) is 0. The van der Waals surface area contributed by atoms with Crippen LogP contribution in [0.5, 0.6) is 0 Å². The lowest BCUT2D eigenvalue weighted by Crippen LogP contribution is -2.14. The molecule has 0 amide bonds. The van der Waals surface area contributed by atoms with Crippen LogP contribution in [0, 0.1) is 0 Å². The van der Waals surface area contributed by atoms with Crippen LogP contribution < -0.4 is 11.3 Å². The van der Waals surface area contributed by atoms with E-state index in [1.165, 1.54) is 16.7 Å². The average molecular weight is 271 g/mol. The molecule has 0 aliphatic carbocycles. The van der Waals surface area contributed by atoms with E-state index in [0.717, 1.165) is 5.69 Å². The van der Waals surface area contributed by atoms with Crippen molar-refractivity contribution in [1.82, 2.24) is 0 Å². The van der Waals surface area contributed by atoms with Gasteiger partial charge in [0.1, 0.15) is 0 Å². The van der Waals surface area contributed by atoms with Crippen molar-refractivity contribution in [2.75, 3.05) is 5.43 Å². The summed E-state index contributed by atoms with van der Waals surface area (Å²) in [6.45, 7) is 13.3.